The molecule has 0 aromatic heterocycles. The summed E-state index contributed by atoms with van der Waals surface area (Å²) in [5.74, 6) is 1.13. The monoisotopic (exact) mass is 276 g/mol. The molecule has 0 bridgehead atoms. The average molecular weight is 276 g/mol. The zero-order valence-electron chi connectivity index (χ0n) is 11.7. The molecule has 0 spiro atoms. The van der Waals surface area contributed by atoms with Crippen molar-refractivity contribution in [3.63, 3.8) is 0 Å². The highest BCUT2D eigenvalue weighted by Crippen LogP contribution is 2.33. The molecule has 108 valence electrons. The van der Waals surface area contributed by atoms with E-state index in [0.717, 1.165) is 13.0 Å². The van der Waals surface area contributed by atoms with Crippen LogP contribution in [0.1, 0.15) is 23.2 Å². The van der Waals surface area contributed by atoms with Gasteiger partial charge < -0.3 is 19.7 Å². The van der Waals surface area contributed by atoms with Crippen molar-refractivity contribution in [3.05, 3.63) is 23.8 Å². The van der Waals surface area contributed by atoms with E-state index in [4.69, 9.17) is 9.47 Å². The van der Waals surface area contributed by atoms with Crippen LogP contribution in [0, 0.1) is 0 Å². The molecule has 1 N–H and O–H groups in total. The van der Waals surface area contributed by atoms with Crippen molar-refractivity contribution in [2.24, 2.45) is 0 Å². The minimum atomic E-state index is -0.0901. The van der Waals surface area contributed by atoms with Crippen LogP contribution in [0.4, 0.5) is 0 Å². The van der Waals surface area contributed by atoms with Gasteiger partial charge in [-0.05, 0) is 38.6 Å². The number of likely N-dealkylation sites (tertiary alicyclic amines) is 1. The van der Waals surface area contributed by atoms with Crippen LogP contribution >= 0.6 is 0 Å². The fourth-order valence-electron chi connectivity index (χ4n) is 2.80. The predicted octanol–water partition coefficient (Wildman–Crippen LogP) is 1.28. The molecule has 1 fully saturated rings. The van der Waals surface area contributed by atoms with Crippen LogP contribution in [-0.2, 0) is 0 Å². The van der Waals surface area contributed by atoms with E-state index in [9.17, 15) is 4.79 Å². The molecule has 1 aromatic rings. The summed E-state index contributed by atoms with van der Waals surface area (Å²) in [7, 11) is 2.10. The predicted molar refractivity (Wildman–Crippen MR) is 75.4 cm³/mol. The van der Waals surface area contributed by atoms with Crippen LogP contribution in [0.2, 0.25) is 0 Å². The zero-order valence-corrected chi connectivity index (χ0v) is 11.7. The van der Waals surface area contributed by atoms with Gasteiger partial charge >= 0.3 is 0 Å². The highest BCUT2D eigenvalue weighted by molar-refractivity contribution is 5.97. The summed E-state index contributed by atoms with van der Waals surface area (Å²) in [5, 5.41) is 3.01. The molecular formula is C15H20N2O3. The number of nitrogens with one attached hydrogen (secondary N) is 1. The van der Waals surface area contributed by atoms with Gasteiger partial charge in [0.2, 0.25) is 0 Å². The first-order valence-electron chi connectivity index (χ1n) is 7.13. The molecule has 5 nitrogen and oxygen atoms in total. The first kappa shape index (κ1) is 13.2. The maximum Gasteiger partial charge on any atom is 0.255 e. The maximum absolute atomic E-state index is 12.3. The molecule has 0 aliphatic carbocycles. The second-order valence-electron chi connectivity index (χ2n) is 5.32. The van der Waals surface area contributed by atoms with Crippen molar-refractivity contribution in [3.8, 4) is 11.5 Å². The molecule has 0 saturated carbocycles. The van der Waals surface area contributed by atoms with Crippen LogP contribution < -0.4 is 14.8 Å². The highest BCUT2D eigenvalue weighted by atomic mass is 16.6. The summed E-state index contributed by atoms with van der Waals surface area (Å²) in [6, 6.07) is 5.87. The molecule has 1 saturated heterocycles. The van der Waals surface area contributed by atoms with Crippen LogP contribution in [0.3, 0.4) is 0 Å². The van der Waals surface area contributed by atoms with Gasteiger partial charge in [-0.2, -0.15) is 0 Å². The largest absolute Gasteiger partial charge is 0.486 e. The van der Waals surface area contributed by atoms with Crippen LogP contribution in [0.15, 0.2) is 18.2 Å². The number of rotatable bonds is 3. The van der Waals surface area contributed by atoms with E-state index in [1.165, 1.54) is 6.42 Å². The van der Waals surface area contributed by atoms with E-state index in [2.05, 4.69) is 17.3 Å². The number of para-hydroxylation sites is 1. The third-order valence-corrected chi connectivity index (χ3v) is 3.98. The van der Waals surface area contributed by atoms with Gasteiger partial charge in [-0.25, -0.2) is 0 Å². The molecule has 1 atom stereocenters. The maximum atomic E-state index is 12.3. The van der Waals surface area contributed by atoms with Gasteiger partial charge in [0, 0.05) is 12.6 Å². The number of carbonyl (C=O) groups excluding carboxylic acids is 1. The van der Waals surface area contributed by atoms with E-state index < -0.39 is 0 Å². The van der Waals surface area contributed by atoms with Crippen LogP contribution in [-0.4, -0.2) is 50.2 Å². The average Bonchev–Trinajstić information content (AvgIpc) is 2.89. The van der Waals surface area contributed by atoms with Crippen LogP contribution in [0.5, 0.6) is 11.5 Å². The van der Waals surface area contributed by atoms with Gasteiger partial charge in [-0.3, -0.25) is 4.79 Å². The Hall–Kier alpha value is -1.75. The molecule has 2 heterocycles. The lowest BCUT2D eigenvalue weighted by Gasteiger charge is -2.22. The number of hydrogen-bond donors (Lipinski definition) is 1. The standard InChI is InChI=1S/C15H20N2O3/c1-17-7-3-4-11(17)10-16-15(18)12-5-2-6-13-14(12)20-9-8-19-13/h2,5-6,11H,3-4,7-10H2,1H3,(H,16,18). The van der Waals surface area contributed by atoms with Crippen molar-refractivity contribution in [2.75, 3.05) is 33.4 Å². The second-order valence-corrected chi connectivity index (χ2v) is 5.32. The Balaban J connectivity index is 1.68. The summed E-state index contributed by atoms with van der Waals surface area (Å²) in [6.45, 7) is 2.81. The number of fused-ring (bicyclic) bond motifs is 1. The van der Waals surface area contributed by atoms with Crippen molar-refractivity contribution in [1.82, 2.24) is 10.2 Å². The van der Waals surface area contributed by atoms with E-state index in [0.29, 0.717) is 42.9 Å². The minimum Gasteiger partial charge on any atom is -0.486 e. The number of likely N-dealkylation sites (N-methyl/N-ethyl adjacent to an activating group) is 1. The fraction of sp³-hybridized carbons (Fsp3) is 0.533. The second kappa shape index (κ2) is 5.71. The van der Waals surface area contributed by atoms with Gasteiger partial charge in [0.15, 0.2) is 11.5 Å². The van der Waals surface area contributed by atoms with Crippen molar-refractivity contribution >= 4 is 5.91 Å². The topological polar surface area (TPSA) is 50.8 Å². The Kier molecular flexibility index (Phi) is 3.78. The van der Waals surface area contributed by atoms with Gasteiger partial charge in [0.25, 0.3) is 5.91 Å². The van der Waals surface area contributed by atoms with Gasteiger partial charge in [-0.15, -0.1) is 0 Å². The Morgan fingerprint density at radius 3 is 3.05 bits per heavy atom. The highest BCUT2D eigenvalue weighted by Gasteiger charge is 2.24. The number of amides is 1. The molecule has 3 rings (SSSR count). The first-order valence-corrected chi connectivity index (χ1v) is 7.13. The van der Waals surface area contributed by atoms with Gasteiger partial charge in [0.1, 0.15) is 13.2 Å². The molecule has 0 radical (unpaired) electrons. The van der Waals surface area contributed by atoms with E-state index in [1.807, 2.05) is 12.1 Å². The summed E-state index contributed by atoms with van der Waals surface area (Å²) in [4.78, 5) is 14.6. The zero-order chi connectivity index (χ0) is 13.9. The number of carbonyl (C=O) groups is 1. The first-order chi connectivity index (χ1) is 9.75. The van der Waals surface area contributed by atoms with E-state index in [1.54, 1.807) is 6.07 Å². The Labute approximate surface area is 118 Å². The van der Waals surface area contributed by atoms with E-state index in [-0.39, 0.29) is 5.91 Å². The number of nitrogens with zero attached hydrogens (tertiary/aromatic N) is 1. The molecule has 2 aliphatic heterocycles. The fourth-order valence-corrected chi connectivity index (χ4v) is 2.80. The minimum absolute atomic E-state index is 0.0901. The SMILES string of the molecule is CN1CCCC1CNC(=O)c1cccc2c1OCCO2. The summed E-state index contributed by atoms with van der Waals surface area (Å²) in [5.41, 5.74) is 0.558. The third kappa shape index (κ3) is 2.58. The normalized spacial score (nSPS) is 21.8. The van der Waals surface area contributed by atoms with Gasteiger partial charge in [-0.1, -0.05) is 6.07 Å². The number of hydrogen-bond acceptors (Lipinski definition) is 4. The number of benzene rings is 1. The molecule has 1 aromatic carbocycles. The van der Waals surface area contributed by atoms with Crippen molar-refractivity contribution in [1.29, 1.82) is 0 Å². The molecular weight excluding hydrogens is 256 g/mol. The molecule has 5 heteroatoms. The quantitative estimate of drug-likeness (QED) is 0.903. The number of ether oxygens (including phenoxy) is 2. The lowest BCUT2D eigenvalue weighted by Crippen LogP contribution is -2.38. The van der Waals surface area contributed by atoms with Crippen molar-refractivity contribution in [2.45, 2.75) is 18.9 Å². The van der Waals surface area contributed by atoms with E-state index >= 15 is 0 Å². The summed E-state index contributed by atoms with van der Waals surface area (Å²) < 4.78 is 11.1. The Bertz CT molecular complexity index is 504. The lowest BCUT2D eigenvalue weighted by molar-refractivity contribution is 0.0932. The summed E-state index contributed by atoms with van der Waals surface area (Å²) in [6.07, 6.45) is 2.35. The van der Waals surface area contributed by atoms with Crippen LogP contribution in [0.25, 0.3) is 0 Å². The molecule has 1 unspecified atom stereocenters. The molecule has 20 heavy (non-hydrogen) atoms. The smallest absolute Gasteiger partial charge is 0.255 e. The third-order valence-electron chi connectivity index (χ3n) is 3.98. The Morgan fingerprint density at radius 2 is 2.25 bits per heavy atom. The van der Waals surface area contributed by atoms with Gasteiger partial charge in [0.05, 0.1) is 5.56 Å². The lowest BCUT2D eigenvalue weighted by atomic mass is 10.1. The van der Waals surface area contributed by atoms with Crippen molar-refractivity contribution < 1.29 is 14.3 Å². The Morgan fingerprint density at radius 1 is 1.40 bits per heavy atom. The molecule has 1 amide bonds. The summed E-state index contributed by atoms with van der Waals surface area (Å²) >= 11 is 0. The molecule has 2 aliphatic rings.